The van der Waals surface area contributed by atoms with Gasteiger partial charge in [0, 0.05) is 6.54 Å². The average Bonchev–Trinajstić information content (AvgIpc) is 2.98. The molecule has 1 aromatic rings. The predicted molar refractivity (Wildman–Crippen MR) is 81.1 cm³/mol. The van der Waals surface area contributed by atoms with Crippen molar-refractivity contribution in [2.45, 2.75) is 31.7 Å². The minimum atomic E-state index is -0.116. The number of amides is 1. The van der Waals surface area contributed by atoms with Crippen LogP contribution in [0.4, 0.5) is 0 Å². The lowest BCUT2D eigenvalue weighted by Crippen LogP contribution is -2.29. The zero-order chi connectivity index (χ0) is 14.2. The topological polar surface area (TPSA) is 71.8 Å². The molecular weight excluding hydrogens is 274 g/mol. The molecule has 1 fully saturated rings. The van der Waals surface area contributed by atoms with Gasteiger partial charge in [0.15, 0.2) is 5.69 Å². The maximum atomic E-state index is 11.9. The summed E-state index contributed by atoms with van der Waals surface area (Å²) >= 11 is 1.83. The number of thioether (sulfide) groups is 1. The summed E-state index contributed by atoms with van der Waals surface area (Å²) in [5.41, 5.74) is 0.424. The Morgan fingerprint density at radius 3 is 3.05 bits per heavy atom. The minimum absolute atomic E-state index is 0.116. The predicted octanol–water partition coefficient (Wildman–Crippen LogP) is 1.08. The molecule has 0 bridgehead atoms. The van der Waals surface area contributed by atoms with Crippen molar-refractivity contribution in [1.82, 2.24) is 25.6 Å². The second-order valence-corrected chi connectivity index (χ2v) is 6.01. The summed E-state index contributed by atoms with van der Waals surface area (Å²) in [6.45, 7) is 2.71. The molecule has 0 radical (unpaired) electrons. The largest absolute Gasteiger partial charge is 0.351 e. The maximum absolute atomic E-state index is 11.9. The third kappa shape index (κ3) is 4.49. The lowest BCUT2D eigenvalue weighted by atomic mass is 10.1. The Morgan fingerprint density at radius 2 is 2.30 bits per heavy atom. The van der Waals surface area contributed by atoms with E-state index in [-0.39, 0.29) is 5.91 Å². The first-order valence-corrected chi connectivity index (χ1v) is 8.60. The first-order valence-electron chi connectivity index (χ1n) is 7.21. The third-order valence-electron chi connectivity index (χ3n) is 3.49. The molecular formula is C13H23N5OS. The molecule has 1 aliphatic heterocycles. The summed E-state index contributed by atoms with van der Waals surface area (Å²) in [5, 5.41) is 14.3. The molecule has 6 nitrogen and oxygen atoms in total. The van der Waals surface area contributed by atoms with Crippen LogP contribution in [-0.4, -0.2) is 52.5 Å². The number of unbranched alkanes of at least 4 members (excludes halogenated alkanes) is 1. The summed E-state index contributed by atoms with van der Waals surface area (Å²) in [6.07, 6.45) is 8.08. The molecule has 1 saturated heterocycles. The summed E-state index contributed by atoms with van der Waals surface area (Å²) in [5.74, 6) is 1.02. The second-order valence-electron chi connectivity index (χ2n) is 5.02. The van der Waals surface area contributed by atoms with Gasteiger partial charge in [-0.2, -0.15) is 11.8 Å². The lowest BCUT2D eigenvalue weighted by molar-refractivity contribution is 0.0948. The van der Waals surface area contributed by atoms with Gasteiger partial charge in [-0.25, -0.2) is 4.68 Å². The molecule has 0 aliphatic carbocycles. The lowest BCUT2D eigenvalue weighted by Gasteiger charge is -2.22. The third-order valence-corrected chi connectivity index (χ3v) is 4.18. The van der Waals surface area contributed by atoms with Crippen LogP contribution in [0, 0.1) is 0 Å². The summed E-state index contributed by atoms with van der Waals surface area (Å²) in [7, 11) is 0. The number of hydrogen-bond acceptors (Lipinski definition) is 5. The fourth-order valence-corrected chi connectivity index (χ4v) is 2.79. The van der Waals surface area contributed by atoms with E-state index in [0.717, 1.165) is 44.5 Å². The van der Waals surface area contributed by atoms with Crippen molar-refractivity contribution in [3.8, 4) is 0 Å². The van der Waals surface area contributed by atoms with Crippen LogP contribution in [-0.2, 0) is 0 Å². The van der Waals surface area contributed by atoms with Crippen LogP contribution in [0.5, 0.6) is 0 Å². The number of nitrogens with zero attached hydrogens (tertiary/aromatic N) is 3. The fraction of sp³-hybridized carbons (Fsp3) is 0.769. The molecule has 1 aliphatic rings. The van der Waals surface area contributed by atoms with Crippen molar-refractivity contribution >= 4 is 17.7 Å². The van der Waals surface area contributed by atoms with E-state index in [2.05, 4.69) is 27.2 Å². The van der Waals surface area contributed by atoms with Crippen LogP contribution in [0.2, 0.25) is 0 Å². The van der Waals surface area contributed by atoms with Crippen LogP contribution in [0.3, 0.4) is 0 Å². The molecule has 1 aromatic heterocycles. The number of piperidine rings is 1. The van der Waals surface area contributed by atoms with Crippen molar-refractivity contribution in [3.05, 3.63) is 11.9 Å². The van der Waals surface area contributed by atoms with Gasteiger partial charge in [-0.15, -0.1) is 5.10 Å². The molecule has 0 unspecified atom stereocenters. The van der Waals surface area contributed by atoms with E-state index in [1.54, 1.807) is 6.20 Å². The maximum Gasteiger partial charge on any atom is 0.273 e. The van der Waals surface area contributed by atoms with Crippen LogP contribution < -0.4 is 10.6 Å². The Morgan fingerprint density at radius 1 is 1.50 bits per heavy atom. The zero-order valence-corrected chi connectivity index (χ0v) is 12.8. The standard InChI is InChI=1S/C13H23N5OS/c1-20-9-3-2-6-15-13(19)12-10-18(17-16-12)11-4-7-14-8-5-11/h10-11,14H,2-9H2,1H3,(H,15,19). The quantitative estimate of drug-likeness (QED) is 0.737. The van der Waals surface area contributed by atoms with E-state index in [1.165, 1.54) is 0 Å². The highest BCUT2D eigenvalue weighted by atomic mass is 32.2. The Bertz CT molecular complexity index is 417. The minimum Gasteiger partial charge on any atom is -0.351 e. The van der Waals surface area contributed by atoms with E-state index >= 15 is 0 Å². The number of carbonyl (C=O) groups is 1. The van der Waals surface area contributed by atoms with Crippen molar-refractivity contribution < 1.29 is 4.79 Å². The number of hydrogen-bond donors (Lipinski definition) is 2. The molecule has 2 N–H and O–H groups in total. The first-order chi connectivity index (χ1) is 9.81. The van der Waals surface area contributed by atoms with Gasteiger partial charge in [-0.05, 0) is 50.8 Å². The van der Waals surface area contributed by atoms with Crippen molar-refractivity contribution in [2.24, 2.45) is 0 Å². The summed E-state index contributed by atoms with van der Waals surface area (Å²) in [4.78, 5) is 11.9. The molecule has 2 rings (SSSR count). The van der Waals surface area contributed by atoms with Gasteiger partial charge in [0.25, 0.3) is 5.91 Å². The highest BCUT2D eigenvalue weighted by molar-refractivity contribution is 7.98. The molecule has 0 aromatic carbocycles. The van der Waals surface area contributed by atoms with Crippen LogP contribution in [0.25, 0.3) is 0 Å². The Balaban J connectivity index is 1.77. The van der Waals surface area contributed by atoms with Gasteiger partial charge in [-0.1, -0.05) is 5.21 Å². The van der Waals surface area contributed by atoms with E-state index in [4.69, 9.17) is 0 Å². The molecule has 7 heteroatoms. The second kappa shape index (κ2) is 8.26. The SMILES string of the molecule is CSCCCCNC(=O)c1cn(C2CCNCC2)nn1. The molecule has 0 atom stereocenters. The van der Waals surface area contributed by atoms with E-state index in [1.807, 2.05) is 16.4 Å². The Labute approximate surface area is 124 Å². The molecule has 112 valence electrons. The zero-order valence-electron chi connectivity index (χ0n) is 12.0. The van der Waals surface area contributed by atoms with E-state index in [0.29, 0.717) is 18.3 Å². The molecule has 0 saturated carbocycles. The molecule has 1 amide bonds. The van der Waals surface area contributed by atoms with Crippen molar-refractivity contribution in [3.63, 3.8) is 0 Å². The molecule has 2 heterocycles. The van der Waals surface area contributed by atoms with Gasteiger partial charge in [0.1, 0.15) is 0 Å². The van der Waals surface area contributed by atoms with Gasteiger partial charge in [0.05, 0.1) is 12.2 Å². The van der Waals surface area contributed by atoms with E-state index < -0.39 is 0 Å². The first kappa shape index (κ1) is 15.3. The number of nitrogens with one attached hydrogen (secondary N) is 2. The number of aromatic nitrogens is 3. The van der Waals surface area contributed by atoms with Gasteiger partial charge < -0.3 is 10.6 Å². The highest BCUT2D eigenvalue weighted by Crippen LogP contribution is 2.16. The molecule has 0 spiro atoms. The number of carbonyl (C=O) groups excluding carboxylic acids is 1. The normalized spacial score (nSPS) is 16.2. The van der Waals surface area contributed by atoms with Crippen LogP contribution in [0.15, 0.2) is 6.20 Å². The molecule has 20 heavy (non-hydrogen) atoms. The number of rotatable bonds is 7. The monoisotopic (exact) mass is 297 g/mol. The smallest absolute Gasteiger partial charge is 0.273 e. The Hall–Kier alpha value is -1.08. The van der Waals surface area contributed by atoms with Gasteiger partial charge in [0.2, 0.25) is 0 Å². The van der Waals surface area contributed by atoms with Crippen molar-refractivity contribution in [2.75, 3.05) is 31.6 Å². The van der Waals surface area contributed by atoms with Crippen molar-refractivity contribution in [1.29, 1.82) is 0 Å². The van der Waals surface area contributed by atoms with Crippen LogP contribution in [0.1, 0.15) is 42.2 Å². The summed E-state index contributed by atoms with van der Waals surface area (Å²) in [6, 6.07) is 0.367. The van der Waals surface area contributed by atoms with Crippen LogP contribution >= 0.6 is 11.8 Å². The van der Waals surface area contributed by atoms with Gasteiger partial charge >= 0.3 is 0 Å². The summed E-state index contributed by atoms with van der Waals surface area (Å²) < 4.78 is 1.84. The highest BCUT2D eigenvalue weighted by Gasteiger charge is 2.18. The Kier molecular flexibility index (Phi) is 6.32. The fourth-order valence-electron chi connectivity index (χ4n) is 2.29. The average molecular weight is 297 g/mol. The van der Waals surface area contributed by atoms with Gasteiger partial charge in [-0.3, -0.25) is 4.79 Å². The van der Waals surface area contributed by atoms with E-state index in [9.17, 15) is 4.79 Å².